The maximum absolute atomic E-state index is 13.0. The highest BCUT2D eigenvalue weighted by Crippen LogP contribution is 2.36. The fraction of sp³-hybridized carbons (Fsp3) is 0.462. The number of nitrogens with one attached hydrogen (secondary N) is 1. The molecule has 1 aromatic carbocycles. The molecule has 2 aromatic rings. The van der Waals surface area contributed by atoms with Gasteiger partial charge in [-0.15, -0.1) is 0 Å². The highest BCUT2D eigenvalue weighted by molar-refractivity contribution is 5.87. The minimum Gasteiger partial charge on any atom is -0.276 e. The normalized spacial score (nSPS) is 12.6. The van der Waals surface area contributed by atoms with Crippen molar-refractivity contribution in [3.63, 3.8) is 0 Å². The molecule has 0 fully saturated rings. The van der Waals surface area contributed by atoms with Gasteiger partial charge in [0.25, 0.3) is 6.43 Å². The molecule has 0 atom stereocenters. The van der Waals surface area contributed by atoms with E-state index in [2.05, 4.69) is 10.2 Å². The summed E-state index contributed by atoms with van der Waals surface area (Å²) in [7, 11) is 0. The lowest BCUT2D eigenvalue weighted by atomic mass is 9.81. The van der Waals surface area contributed by atoms with Crippen molar-refractivity contribution in [3.05, 3.63) is 29.0 Å². The van der Waals surface area contributed by atoms with Gasteiger partial charge in [0.2, 0.25) is 0 Å². The van der Waals surface area contributed by atoms with Crippen LogP contribution in [0.2, 0.25) is 0 Å². The summed E-state index contributed by atoms with van der Waals surface area (Å²) >= 11 is 0. The Hall–Kier alpha value is -1.45. The number of hydrogen-bond donors (Lipinski definition) is 1. The smallest absolute Gasteiger partial charge is 0.276 e. The van der Waals surface area contributed by atoms with Gasteiger partial charge in [-0.2, -0.15) is 5.10 Å². The summed E-state index contributed by atoms with van der Waals surface area (Å²) < 4.78 is 25.9. The van der Waals surface area contributed by atoms with Crippen LogP contribution in [-0.4, -0.2) is 10.2 Å². The maximum atomic E-state index is 13.0. The Kier molecular flexibility index (Phi) is 2.68. The zero-order valence-corrected chi connectivity index (χ0v) is 10.4. The number of aryl methyl sites for hydroxylation is 1. The zero-order valence-electron chi connectivity index (χ0n) is 10.4. The number of aromatic nitrogens is 2. The number of rotatable bonds is 1. The first-order valence-corrected chi connectivity index (χ1v) is 5.58. The van der Waals surface area contributed by atoms with Crippen molar-refractivity contribution in [1.29, 1.82) is 0 Å². The summed E-state index contributed by atoms with van der Waals surface area (Å²) in [4.78, 5) is 0. The van der Waals surface area contributed by atoms with Crippen LogP contribution in [0.3, 0.4) is 0 Å². The molecular weight excluding hydrogens is 222 g/mol. The Morgan fingerprint density at radius 2 is 1.88 bits per heavy atom. The SMILES string of the molecule is Cc1ccc2n[nH]c(C(F)F)c2c1C(C)(C)C. The van der Waals surface area contributed by atoms with E-state index in [0.717, 1.165) is 11.1 Å². The fourth-order valence-electron chi connectivity index (χ4n) is 2.36. The molecule has 0 saturated heterocycles. The Morgan fingerprint density at radius 1 is 1.24 bits per heavy atom. The van der Waals surface area contributed by atoms with E-state index in [1.807, 2.05) is 33.8 Å². The third kappa shape index (κ3) is 1.92. The summed E-state index contributed by atoms with van der Waals surface area (Å²) in [6.45, 7) is 8.02. The molecule has 0 spiro atoms. The minimum atomic E-state index is -2.53. The van der Waals surface area contributed by atoms with E-state index in [-0.39, 0.29) is 11.1 Å². The highest BCUT2D eigenvalue weighted by Gasteiger charge is 2.25. The fourth-order valence-corrected chi connectivity index (χ4v) is 2.36. The molecule has 1 N–H and O–H groups in total. The van der Waals surface area contributed by atoms with Crippen LogP contribution >= 0.6 is 0 Å². The molecular formula is C13H16F2N2. The maximum Gasteiger partial charge on any atom is 0.280 e. The van der Waals surface area contributed by atoms with Crippen LogP contribution in [0.4, 0.5) is 8.78 Å². The van der Waals surface area contributed by atoms with E-state index in [4.69, 9.17) is 0 Å². The van der Waals surface area contributed by atoms with Gasteiger partial charge < -0.3 is 0 Å². The predicted molar refractivity (Wildman–Crippen MR) is 64.5 cm³/mol. The number of aromatic amines is 1. The summed E-state index contributed by atoms with van der Waals surface area (Å²) in [6, 6.07) is 3.71. The molecule has 0 radical (unpaired) electrons. The van der Waals surface area contributed by atoms with Crippen LogP contribution < -0.4 is 0 Å². The molecule has 0 bridgehead atoms. The van der Waals surface area contributed by atoms with Crippen LogP contribution in [0.25, 0.3) is 10.9 Å². The monoisotopic (exact) mass is 238 g/mol. The Labute approximate surface area is 99.0 Å². The Balaban J connectivity index is 2.87. The lowest BCUT2D eigenvalue weighted by molar-refractivity contribution is 0.147. The van der Waals surface area contributed by atoms with Gasteiger partial charge in [-0.3, -0.25) is 5.10 Å². The van der Waals surface area contributed by atoms with Gasteiger partial charge in [0.05, 0.1) is 5.52 Å². The number of alkyl halides is 2. The van der Waals surface area contributed by atoms with Crippen LogP contribution in [0.1, 0.15) is 44.0 Å². The van der Waals surface area contributed by atoms with Crippen LogP contribution in [0.5, 0.6) is 0 Å². The molecule has 0 aliphatic carbocycles. The number of H-pyrrole nitrogens is 1. The second-order valence-corrected chi connectivity index (χ2v) is 5.34. The summed E-state index contributed by atoms with van der Waals surface area (Å²) in [5.74, 6) is 0. The van der Waals surface area contributed by atoms with Gasteiger partial charge in [0.15, 0.2) is 0 Å². The molecule has 0 unspecified atom stereocenters. The first-order chi connectivity index (χ1) is 7.82. The molecule has 1 heterocycles. The van der Waals surface area contributed by atoms with Crippen LogP contribution in [0.15, 0.2) is 12.1 Å². The van der Waals surface area contributed by atoms with Crippen molar-refractivity contribution in [2.24, 2.45) is 0 Å². The summed E-state index contributed by atoms with van der Waals surface area (Å²) in [5.41, 5.74) is 2.31. The van der Waals surface area contributed by atoms with E-state index in [9.17, 15) is 8.78 Å². The highest BCUT2D eigenvalue weighted by atomic mass is 19.3. The molecule has 0 saturated carbocycles. The molecule has 4 heteroatoms. The summed E-state index contributed by atoms with van der Waals surface area (Å²) in [5, 5.41) is 6.98. The van der Waals surface area contributed by atoms with Gasteiger partial charge in [0, 0.05) is 5.39 Å². The Bertz CT molecular complexity index is 550. The standard InChI is InChI=1S/C13H16F2N2/c1-7-5-6-8-9(10(7)13(2,3)4)11(12(14)15)17-16-8/h5-6,12H,1-4H3,(H,16,17). The van der Waals surface area contributed by atoms with Gasteiger partial charge >= 0.3 is 0 Å². The zero-order chi connectivity index (χ0) is 12.8. The molecule has 0 aliphatic heterocycles. The number of halogens is 2. The van der Waals surface area contributed by atoms with Crippen molar-refractivity contribution in [3.8, 4) is 0 Å². The quantitative estimate of drug-likeness (QED) is 0.795. The van der Waals surface area contributed by atoms with Crippen molar-refractivity contribution in [1.82, 2.24) is 10.2 Å². The molecule has 2 rings (SSSR count). The second kappa shape index (κ2) is 3.79. The molecule has 2 nitrogen and oxygen atoms in total. The van der Waals surface area contributed by atoms with Gasteiger partial charge in [0.1, 0.15) is 5.69 Å². The largest absolute Gasteiger partial charge is 0.280 e. The van der Waals surface area contributed by atoms with Crippen molar-refractivity contribution >= 4 is 10.9 Å². The van der Waals surface area contributed by atoms with E-state index >= 15 is 0 Å². The van der Waals surface area contributed by atoms with Gasteiger partial charge in [-0.05, 0) is 29.5 Å². The molecule has 0 amide bonds. The average molecular weight is 238 g/mol. The van der Waals surface area contributed by atoms with E-state index < -0.39 is 6.43 Å². The number of nitrogens with zero attached hydrogens (tertiary/aromatic N) is 1. The molecule has 92 valence electrons. The third-order valence-corrected chi connectivity index (χ3v) is 2.93. The predicted octanol–water partition coefficient (Wildman–Crippen LogP) is 4.11. The first kappa shape index (κ1) is 12.0. The topological polar surface area (TPSA) is 28.7 Å². The van der Waals surface area contributed by atoms with Gasteiger partial charge in [-0.25, -0.2) is 8.78 Å². The van der Waals surface area contributed by atoms with Crippen molar-refractivity contribution in [2.75, 3.05) is 0 Å². The van der Waals surface area contributed by atoms with Crippen LogP contribution in [-0.2, 0) is 5.41 Å². The van der Waals surface area contributed by atoms with Gasteiger partial charge in [-0.1, -0.05) is 26.8 Å². The van der Waals surface area contributed by atoms with E-state index in [0.29, 0.717) is 10.9 Å². The second-order valence-electron chi connectivity index (χ2n) is 5.34. The number of benzene rings is 1. The van der Waals surface area contributed by atoms with E-state index in [1.165, 1.54) is 0 Å². The minimum absolute atomic E-state index is 0.0753. The number of fused-ring (bicyclic) bond motifs is 1. The Morgan fingerprint density at radius 3 is 2.41 bits per heavy atom. The average Bonchev–Trinajstić information content (AvgIpc) is 2.58. The number of hydrogen-bond acceptors (Lipinski definition) is 1. The van der Waals surface area contributed by atoms with Crippen molar-refractivity contribution in [2.45, 2.75) is 39.5 Å². The van der Waals surface area contributed by atoms with E-state index in [1.54, 1.807) is 6.07 Å². The third-order valence-electron chi connectivity index (χ3n) is 2.93. The van der Waals surface area contributed by atoms with Crippen molar-refractivity contribution < 1.29 is 8.78 Å². The first-order valence-electron chi connectivity index (χ1n) is 5.58. The molecule has 17 heavy (non-hydrogen) atoms. The lowest BCUT2D eigenvalue weighted by Gasteiger charge is -2.23. The molecule has 1 aromatic heterocycles. The lowest BCUT2D eigenvalue weighted by Crippen LogP contribution is -2.14. The molecule has 0 aliphatic rings. The van der Waals surface area contributed by atoms with Crippen LogP contribution in [0, 0.1) is 6.92 Å². The summed E-state index contributed by atoms with van der Waals surface area (Å²) in [6.07, 6.45) is -2.53.